The average molecular weight is 227 g/mol. The van der Waals surface area contributed by atoms with Gasteiger partial charge in [-0.3, -0.25) is 4.79 Å². The van der Waals surface area contributed by atoms with Crippen LogP contribution in [0.3, 0.4) is 0 Å². The molecular formula is C12H21NO3. The van der Waals surface area contributed by atoms with Crippen molar-refractivity contribution >= 4 is 11.9 Å². The molecule has 0 aliphatic heterocycles. The molecule has 0 unspecified atom stereocenters. The molecule has 0 bridgehead atoms. The standard InChI is InChI=1S/C12H21NO3/c1-8(2)7-10(12(15)16)13-11(14)6-5-9-3-4-9/h8-10H,3-7H2,1-2H3,(H,13,14)(H,15,16)/t10-/m1/s1. The van der Waals surface area contributed by atoms with Crippen LogP contribution >= 0.6 is 0 Å². The minimum Gasteiger partial charge on any atom is -0.480 e. The molecule has 0 spiro atoms. The zero-order chi connectivity index (χ0) is 12.1. The van der Waals surface area contributed by atoms with E-state index in [1.807, 2.05) is 13.8 Å². The monoisotopic (exact) mass is 227 g/mol. The van der Waals surface area contributed by atoms with Crippen molar-refractivity contribution < 1.29 is 14.7 Å². The molecule has 1 rings (SSSR count). The summed E-state index contributed by atoms with van der Waals surface area (Å²) in [5.74, 6) is -0.0858. The summed E-state index contributed by atoms with van der Waals surface area (Å²) in [6.45, 7) is 3.90. The minimum absolute atomic E-state index is 0.125. The molecular weight excluding hydrogens is 206 g/mol. The van der Waals surface area contributed by atoms with Crippen LogP contribution in [0.1, 0.15) is 46.0 Å². The summed E-state index contributed by atoms with van der Waals surface area (Å²) in [4.78, 5) is 22.4. The molecule has 92 valence electrons. The number of hydrogen-bond acceptors (Lipinski definition) is 2. The van der Waals surface area contributed by atoms with Crippen LogP contribution in [-0.4, -0.2) is 23.0 Å². The van der Waals surface area contributed by atoms with E-state index >= 15 is 0 Å². The molecule has 1 saturated carbocycles. The smallest absolute Gasteiger partial charge is 0.326 e. The molecule has 0 aromatic heterocycles. The first kappa shape index (κ1) is 13.0. The Kier molecular flexibility index (Phi) is 4.77. The van der Waals surface area contributed by atoms with Gasteiger partial charge in [0.1, 0.15) is 6.04 Å². The Bertz CT molecular complexity index is 259. The van der Waals surface area contributed by atoms with E-state index in [0.717, 1.165) is 6.42 Å². The quantitative estimate of drug-likeness (QED) is 0.697. The van der Waals surface area contributed by atoms with Crippen LogP contribution < -0.4 is 5.32 Å². The van der Waals surface area contributed by atoms with Crippen LogP contribution in [-0.2, 0) is 9.59 Å². The third kappa shape index (κ3) is 5.14. The van der Waals surface area contributed by atoms with Gasteiger partial charge in [0.25, 0.3) is 0 Å². The summed E-state index contributed by atoms with van der Waals surface area (Å²) < 4.78 is 0. The van der Waals surface area contributed by atoms with Gasteiger partial charge >= 0.3 is 5.97 Å². The number of hydrogen-bond donors (Lipinski definition) is 2. The lowest BCUT2D eigenvalue weighted by molar-refractivity contribution is -0.142. The fourth-order valence-electron chi connectivity index (χ4n) is 1.70. The molecule has 1 fully saturated rings. The zero-order valence-electron chi connectivity index (χ0n) is 10.0. The Morgan fingerprint density at radius 3 is 2.44 bits per heavy atom. The van der Waals surface area contributed by atoms with Crippen LogP contribution in [0.2, 0.25) is 0 Å². The fourth-order valence-corrected chi connectivity index (χ4v) is 1.70. The Labute approximate surface area is 96.4 Å². The highest BCUT2D eigenvalue weighted by Crippen LogP contribution is 2.33. The van der Waals surface area contributed by atoms with Crippen LogP contribution in [0.5, 0.6) is 0 Å². The van der Waals surface area contributed by atoms with Crippen molar-refractivity contribution in [2.24, 2.45) is 11.8 Å². The number of rotatable bonds is 7. The maximum Gasteiger partial charge on any atom is 0.326 e. The summed E-state index contributed by atoms with van der Waals surface area (Å²) in [6.07, 6.45) is 4.31. The fraction of sp³-hybridized carbons (Fsp3) is 0.833. The maximum absolute atomic E-state index is 11.5. The molecule has 2 N–H and O–H groups in total. The van der Waals surface area contributed by atoms with Gasteiger partial charge in [-0.05, 0) is 24.7 Å². The predicted molar refractivity (Wildman–Crippen MR) is 61.0 cm³/mol. The van der Waals surface area contributed by atoms with Crippen LogP contribution in [0.15, 0.2) is 0 Å². The lowest BCUT2D eigenvalue weighted by Crippen LogP contribution is -2.41. The SMILES string of the molecule is CC(C)C[C@@H](NC(=O)CCC1CC1)C(=O)O. The third-order valence-corrected chi connectivity index (χ3v) is 2.82. The maximum atomic E-state index is 11.5. The second-order valence-electron chi connectivity index (χ2n) is 5.07. The van der Waals surface area contributed by atoms with Gasteiger partial charge in [0.05, 0.1) is 0 Å². The van der Waals surface area contributed by atoms with E-state index in [1.54, 1.807) is 0 Å². The van der Waals surface area contributed by atoms with Crippen molar-refractivity contribution in [2.75, 3.05) is 0 Å². The predicted octanol–water partition coefficient (Wildman–Crippen LogP) is 1.79. The Morgan fingerprint density at radius 2 is 2.00 bits per heavy atom. The van der Waals surface area contributed by atoms with Gasteiger partial charge in [0, 0.05) is 6.42 Å². The average Bonchev–Trinajstić information content (AvgIpc) is 2.96. The largest absolute Gasteiger partial charge is 0.480 e. The molecule has 1 amide bonds. The number of carbonyl (C=O) groups is 2. The second-order valence-corrected chi connectivity index (χ2v) is 5.07. The second kappa shape index (κ2) is 5.87. The van der Waals surface area contributed by atoms with Gasteiger partial charge in [0.2, 0.25) is 5.91 Å². The molecule has 0 aromatic rings. The highest BCUT2D eigenvalue weighted by atomic mass is 16.4. The molecule has 4 nitrogen and oxygen atoms in total. The van der Waals surface area contributed by atoms with Crippen molar-refractivity contribution in [2.45, 2.75) is 52.0 Å². The Morgan fingerprint density at radius 1 is 1.38 bits per heavy atom. The molecule has 0 heterocycles. The van der Waals surface area contributed by atoms with Crippen LogP contribution in [0.25, 0.3) is 0 Å². The topological polar surface area (TPSA) is 66.4 Å². The first-order valence-corrected chi connectivity index (χ1v) is 6.01. The first-order valence-electron chi connectivity index (χ1n) is 6.01. The van der Waals surface area contributed by atoms with E-state index in [9.17, 15) is 9.59 Å². The van der Waals surface area contributed by atoms with Crippen LogP contribution in [0.4, 0.5) is 0 Å². The summed E-state index contributed by atoms with van der Waals surface area (Å²) in [7, 11) is 0. The van der Waals surface area contributed by atoms with E-state index in [1.165, 1.54) is 12.8 Å². The number of nitrogens with one attached hydrogen (secondary N) is 1. The van der Waals surface area contributed by atoms with Crippen molar-refractivity contribution in [1.29, 1.82) is 0 Å². The normalized spacial score (nSPS) is 17.2. The molecule has 0 aromatic carbocycles. The lowest BCUT2D eigenvalue weighted by Gasteiger charge is -2.16. The van der Waals surface area contributed by atoms with E-state index in [-0.39, 0.29) is 11.8 Å². The zero-order valence-corrected chi connectivity index (χ0v) is 10.0. The van der Waals surface area contributed by atoms with E-state index in [0.29, 0.717) is 18.8 Å². The van der Waals surface area contributed by atoms with Crippen molar-refractivity contribution in [3.8, 4) is 0 Å². The third-order valence-electron chi connectivity index (χ3n) is 2.82. The van der Waals surface area contributed by atoms with Crippen molar-refractivity contribution in [3.63, 3.8) is 0 Å². The highest BCUT2D eigenvalue weighted by molar-refractivity contribution is 5.83. The first-order chi connectivity index (χ1) is 7.49. The summed E-state index contributed by atoms with van der Waals surface area (Å²) in [6, 6.07) is -0.730. The molecule has 0 radical (unpaired) electrons. The number of aliphatic carboxylic acids is 1. The molecule has 0 saturated heterocycles. The highest BCUT2D eigenvalue weighted by Gasteiger charge is 2.24. The molecule has 1 atom stereocenters. The Balaban J connectivity index is 2.28. The number of amides is 1. The summed E-state index contributed by atoms with van der Waals surface area (Å²) in [5.41, 5.74) is 0. The summed E-state index contributed by atoms with van der Waals surface area (Å²) >= 11 is 0. The minimum atomic E-state index is -0.937. The van der Waals surface area contributed by atoms with Gasteiger partial charge in [0.15, 0.2) is 0 Å². The molecule has 16 heavy (non-hydrogen) atoms. The van der Waals surface area contributed by atoms with E-state index < -0.39 is 12.0 Å². The Hall–Kier alpha value is -1.06. The van der Waals surface area contributed by atoms with Crippen molar-refractivity contribution in [1.82, 2.24) is 5.32 Å². The van der Waals surface area contributed by atoms with Gasteiger partial charge in [-0.25, -0.2) is 4.79 Å². The molecule has 1 aliphatic rings. The van der Waals surface area contributed by atoms with Gasteiger partial charge < -0.3 is 10.4 Å². The van der Waals surface area contributed by atoms with Gasteiger partial charge in [-0.2, -0.15) is 0 Å². The number of carboxylic acid groups (broad SMARTS) is 1. The van der Waals surface area contributed by atoms with E-state index in [2.05, 4.69) is 5.32 Å². The lowest BCUT2D eigenvalue weighted by atomic mass is 10.0. The van der Waals surface area contributed by atoms with Gasteiger partial charge in [-0.1, -0.05) is 26.7 Å². The van der Waals surface area contributed by atoms with Gasteiger partial charge in [-0.15, -0.1) is 0 Å². The molecule has 4 heteroatoms. The van der Waals surface area contributed by atoms with Crippen molar-refractivity contribution in [3.05, 3.63) is 0 Å². The molecule has 1 aliphatic carbocycles. The van der Waals surface area contributed by atoms with Crippen LogP contribution in [0, 0.1) is 11.8 Å². The number of carbonyl (C=O) groups excluding carboxylic acids is 1. The summed E-state index contributed by atoms with van der Waals surface area (Å²) in [5, 5.41) is 11.5. The van der Waals surface area contributed by atoms with E-state index in [4.69, 9.17) is 5.11 Å². The number of carboxylic acids is 1.